The maximum atomic E-state index is 14.1. The lowest BCUT2D eigenvalue weighted by Crippen LogP contribution is -2.45. The second kappa shape index (κ2) is 10.9. The molecule has 1 N–H and O–H groups in total. The van der Waals surface area contributed by atoms with Gasteiger partial charge in [0.15, 0.2) is 16.8 Å². The van der Waals surface area contributed by atoms with E-state index in [-0.39, 0.29) is 41.3 Å². The zero-order chi connectivity index (χ0) is 26.8. The van der Waals surface area contributed by atoms with Gasteiger partial charge >= 0.3 is 16.3 Å². The Morgan fingerprint density at radius 1 is 1.27 bits per heavy atom. The standard InChI is InChI=1S/C22H27F2N5O6S2/c1-22(2,3)35-21(30)29-11-15(12-33-29)34-18-10-17(27-37(31,32)28-8-5-9-28)25-20(26-18)36-13-14-6-4-7-16(23)19(14)24/h4,6-7,10,15H,5,8-9,11-13H2,1-3H3,(H,25,26,27)/t15-/m0/s1. The van der Waals surface area contributed by atoms with Crippen molar-refractivity contribution in [1.29, 1.82) is 0 Å². The van der Waals surface area contributed by atoms with Gasteiger partial charge in [0.05, 0.1) is 6.54 Å². The van der Waals surface area contributed by atoms with Gasteiger partial charge in [0.25, 0.3) is 0 Å². The minimum atomic E-state index is -3.83. The molecule has 4 rings (SSSR count). The highest BCUT2D eigenvalue weighted by Gasteiger charge is 2.33. The van der Waals surface area contributed by atoms with Gasteiger partial charge in [-0.3, -0.25) is 9.56 Å². The Kier molecular flexibility index (Phi) is 8.06. The number of benzene rings is 1. The first-order valence-electron chi connectivity index (χ1n) is 11.4. The molecule has 1 atom stereocenters. The van der Waals surface area contributed by atoms with E-state index in [2.05, 4.69) is 14.7 Å². The van der Waals surface area contributed by atoms with Crippen molar-refractivity contribution in [3.63, 3.8) is 0 Å². The minimum absolute atomic E-state index is 0.00960. The molecule has 0 spiro atoms. The molecule has 2 saturated heterocycles. The first-order chi connectivity index (χ1) is 17.4. The Bertz CT molecular complexity index is 1260. The molecule has 11 nitrogen and oxygen atoms in total. The van der Waals surface area contributed by atoms with E-state index in [4.69, 9.17) is 14.3 Å². The van der Waals surface area contributed by atoms with Gasteiger partial charge in [-0.2, -0.15) is 22.8 Å². The number of carbonyl (C=O) groups is 1. The lowest BCUT2D eigenvalue weighted by Gasteiger charge is -2.29. The van der Waals surface area contributed by atoms with Crippen molar-refractivity contribution < 1.29 is 36.3 Å². The SMILES string of the molecule is CC(C)(C)OC(=O)N1C[C@H](Oc2cc(NS(=O)(=O)N3CCC3)nc(SCc3cccc(F)c3F)n2)CO1. The highest BCUT2D eigenvalue weighted by Crippen LogP contribution is 2.28. The summed E-state index contributed by atoms with van der Waals surface area (Å²) in [5.74, 6) is -2.01. The van der Waals surface area contributed by atoms with E-state index in [0.717, 1.165) is 29.3 Å². The predicted molar refractivity (Wildman–Crippen MR) is 130 cm³/mol. The van der Waals surface area contributed by atoms with E-state index < -0.39 is 39.6 Å². The Hall–Kier alpha value is -2.75. The number of nitrogens with one attached hydrogen (secondary N) is 1. The number of aromatic nitrogens is 2. The third-order valence-electron chi connectivity index (χ3n) is 5.13. The molecule has 0 bridgehead atoms. The number of anilines is 1. The van der Waals surface area contributed by atoms with Gasteiger partial charge in [0.1, 0.15) is 24.1 Å². The zero-order valence-corrected chi connectivity index (χ0v) is 22.1. The number of hydrogen-bond acceptors (Lipinski definition) is 9. The van der Waals surface area contributed by atoms with Crippen molar-refractivity contribution in [2.75, 3.05) is 31.0 Å². The number of amides is 1. The van der Waals surface area contributed by atoms with E-state index in [9.17, 15) is 22.0 Å². The Morgan fingerprint density at radius 3 is 2.70 bits per heavy atom. The van der Waals surface area contributed by atoms with Gasteiger partial charge < -0.3 is 9.47 Å². The normalized spacial score (nSPS) is 18.4. The predicted octanol–water partition coefficient (Wildman–Crippen LogP) is 3.34. The second-order valence-corrected chi connectivity index (χ2v) is 11.9. The fourth-order valence-corrected chi connectivity index (χ4v) is 5.31. The van der Waals surface area contributed by atoms with Crippen LogP contribution in [0.25, 0.3) is 0 Å². The van der Waals surface area contributed by atoms with E-state index in [1.165, 1.54) is 22.5 Å². The summed E-state index contributed by atoms with van der Waals surface area (Å²) < 4.78 is 67.6. The topological polar surface area (TPSA) is 123 Å². The average Bonchev–Trinajstić information content (AvgIpc) is 3.20. The van der Waals surface area contributed by atoms with Gasteiger partial charge in [-0.15, -0.1) is 0 Å². The van der Waals surface area contributed by atoms with Gasteiger partial charge in [0, 0.05) is 30.5 Å². The number of nitrogens with zero attached hydrogens (tertiary/aromatic N) is 4. The third kappa shape index (κ3) is 7.18. The van der Waals surface area contributed by atoms with Crippen molar-refractivity contribution in [3.8, 4) is 5.88 Å². The molecule has 1 aromatic heterocycles. The Morgan fingerprint density at radius 2 is 2.03 bits per heavy atom. The fraction of sp³-hybridized carbons (Fsp3) is 0.500. The highest BCUT2D eigenvalue weighted by atomic mass is 32.2. The summed E-state index contributed by atoms with van der Waals surface area (Å²) in [5.41, 5.74) is -0.609. The van der Waals surface area contributed by atoms with Crippen LogP contribution in [0.4, 0.5) is 19.4 Å². The van der Waals surface area contributed by atoms with Crippen molar-refractivity contribution in [2.45, 2.75) is 49.8 Å². The summed E-state index contributed by atoms with van der Waals surface area (Å²) in [4.78, 5) is 26.1. The molecule has 2 aliphatic heterocycles. The monoisotopic (exact) mass is 559 g/mol. The lowest BCUT2D eigenvalue weighted by atomic mass is 10.2. The molecular formula is C22H27F2N5O6S2. The van der Waals surface area contributed by atoms with Crippen LogP contribution in [0.2, 0.25) is 0 Å². The van der Waals surface area contributed by atoms with Gasteiger partial charge in [-0.05, 0) is 33.3 Å². The van der Waals surface area contributed by atoms with Crippen LogP contribution >= 0.6 is 11.8 Å². The molecule has 3 heterocycles. The second-order valence-electron chi connectivity index (χ2n) is 9.31. The van der Waals surface area contributed by atoms with Crippen LogP contribution in [0.1, 0.15) is 32.8 Å². The largest absolute Gasteiger partial charge is 0.470 e. The summed E-state index contributed by atoms with van der Waals surface area (Å²) >= 11 is 0.975. The molecule has 0 aliphatic carbocycles. The summed E-state index contributed by atoms with van der Waals surface area (Å²) in [5, 5.41) is 1.11. The number of thioether (sulfide) groups is 1. The molecule has 0 radical (unpaired) electrons. The first-order valence-corrected chi connectivity index (χ1v) is 13.8. The van der Waals surface area contributed by atoms with Crippen LogP contribution in [0.3, 0.4) is 0 Å². The van der Waals surface area contributed by atoms with E-state index in [1.807, 2.05) is 0 Å². The number of rotatable bonds is 8. The highest BCUT2D eigenvalue weighted by molar-refractivity contribution is 7.98. The quantitative estimate of drug-likeness (QED) is 0.383. The maximum Gasteiger partial charge on any atom is 0.434 e. The lowest BCUT2D eigenvalue weighted by molar-refractivity contribution is -0.107. The van der Waals surface area contributed by atoms with Gasteiger partial charge in [0.2, 0.25) is 5.88 Å². The molecule has 202 valence electrons. The summed E-state index contributed by atoms with van der Waals surface area (Å²) in [6, 6.07) is 5.14. The summed E-state index contributed by atoms with van der Waals surface area (Å²) in [7, 11) is -3.83. The van der Waals surface area contributed by atoms with Crippen LogP contribution < -0.4 is 9.46 Å². The maximum absolute atomic E-state index is 14.1. The number of ether oxygens (including phenoxy) is 2. The molecule has 0 unspecified atom stereocenters. The fourth-order valence-electron chi connectivity index (χ4n) is 3.25. The molecule has 2 fully saturated rings. The first kappa shape index (κ1) is 27.3. The number of hydrogen-bond donors (Lipinski definition) is 1. The third-order valence-corrected chi connectivity index (χ3v) is 7.54. The molecule has 15 heteroatoms. The molecule has 0 saturated carbocycles. The Labute approximate surface area is 217 Å². The minimum Gasteiger partial charge on any atom is -0.470 e. The van der Waals surface area contributed by atoms with Crippen LogP contribution in [0, 0.1) is 11.6 Å². The van der Waals surface area contributed by atoms with E-state index >= 15 is 0 Å². The van der Waals surface area contributed by atoms with Crippen LogP contribution in [-0.4, -0.2) is 71.8 Å². The van der Waals surface area contributed by atoms with Crippen molar-refractivity contribution in [1.82, 2.24) is 19.3 Å². The molecule has 2 aromatic rings. The van der Waals surface area contributed by atoms with Crippen molar-refractivity contribution >= 4 is 33.9 Å². The number of halogens is 2. The summed E-state index contributed by atoms with van der Waals surface area (Å²) in [6.45, 7) is 6.04. The molecule has 37 heavy (non-hydrogen) atoms. The summed E-state index contributed by atoms with van der Waals surface area (Å²) in [6.07, 6.45) is -0.534. The number of hydroxylamine groups is 2. The smallest absolute Gasteiger partial charge is 0.434 e. The van der Waals surface area contributed by atoms with Gasteiger partial charge in [-0.25, -0.2) is 18.6 Å². The van der Waals surface area contributed by atoms with Crippen LogP contribution in [0.15, 0.2) is 29.4 Å². The van der Waals surface area contributed by atoms with Crippen molar-refractivity contribution in [2.24, 2.45) is 0 Å². The zero-order valence-electron chi connectivity index (χ0n) is 20.4. The average molecular weight is 560 g/mol. The van der Waals surface area contributed by atoms with Crippen LogP contribution in [-0.2, 0) is 25.5 Å². The molecule has 1 aromatic carbocycles. The number of carbonyl (C=O) groups excluding carboxylic acids is 1. The van der Waals surface area contributed by atoms with Crippen LogP contribution in [0.5, 0.6) is 5.88 Å². The van der Waals surface area contributed by atoms with Gasteiger partial charge in [-0.1, -0.05) is 23.9 Å². The van der Waals surface area contributed by atoms with E-state index in [0.29, 0.717) is 13.1 Å². The Balaban J connectivity index is 1.50. The molecule has 2 aliphatic rings. The molecular weight excluding hydrogens is 532 g/mol. The molecule has 1 amide bonds. The van der Waals surface area contributed by atoms with Crippen molar-refractivity contribution in [3.05, 3.63) is 41.5 Å². The van der Waals surface area contributed by atoms with E-state index in [1.54, 1.807) is 20.8 Å².